The van der Waals surface area contributed by atoms with Crippen LogP contribution in [0.4, 0.5) is 0 Å². The average molecular weight is 189 g/mol. The largest absolute Gasteiger partial charge is 0.480 e. The van der Waals surface area contributed by atoms with Crippen molar-refractivity contribution in [3.8, 4) is 0 Å². The van der Waals surface area contributed by atoms with E-state index in [0.29, 0.717) is 13.0 Å². The Balaban J connectivity index is 3.92. The van der Waals surface area contributed by atoms with Crippen molar-refractivity contribution in [2.75, 3.05) is 6.54 Å². The summed E-state index contributed by atoms with van der Waals surface area (Å²) >= 11 is 0. The number of rotatable bonds is 5. The van der Waals surface area contributed by atoms with Crippen molar-refractivity contribution in [1.29, 1.82) is 0 Å². The molecule has 0 spiro atoms. The van der Waals surface area contributed by atoms with Crippen LogP contribution in [0.3, 0.4) is 0 Å². The highest BCUT2D eigenvalue weighted by Gasteiger charge is 2.18. The van der Waals surface area contributed by atoms with E-state index in [1.54, 1.807) is 0 Å². The number of carbonyl (C=O) groups excluding carboxylic acids is 1. The van der Waals surface area contributed by atoms with Gasteiger partial charge in [0.25, 0.3) is 0 Å². The molecule has 6 heteroatoms. The highest BCUT2D eigenvalue weighted by atomic mass is 16.4. The molecule has 6 N–H and O–H groups in total. The fourth-order valence-electron chi connectivity index (χ4n) is 0.693. The van der Waals surface area contributed by atoms with Gasteiger partial charge in [0, 0.05) is 0 Å². The molecule has 0 radical (unpaired) electrons. The molecule has 6 nitrogen and oxygen atoms in total. The van der Waals surface area contributed by atoms with Crippen LogP contribution in [0, 0.1) is 0 Å². The highest BCUT2D eigenvalue weighted by Crippen LogP contribution is 1.88. The van der Waals surface area contributed by atoms with Crippen LogP contribution in [-0.4, -0.2) is 35.6 Å². The summed E-state index contributed by atoms with van der Waals surface area (Å²) in [5, 5.41) is 10.7. The summed E-state index contributed by atoms with van der Waals surface area (Å²) in [7, 11) is 0. The third-order valence-electron chi connectivity index (χ3n) is 1.54. The number of hydrogen-bond donors (Lipinski definition) is 4. The Kier molecular flexibility index (Phi) is 5.01. The van der Waals surface area contributed by atoms with Crippen LogP contribution in [0.1, 0.15) is 13.3 Å². The molecule has 1 unspecified atom stereocenters. The molecule has 0 aliphatic heterocycles. The van der Waals surface area contributed by atoms with Gasteiger partial charge in [0.2, 0.25) is 5.91 Å². The highest BCUT2D eigenvalue weighted by molar-refractivity contribution is 5.86. The summed E-state index contributed by atoms with van der Waals surface area (Å²) in [4.78, 5) is 21.4. The van der Waals surface area contributed by atoms with Crippen LogP contribution >= 0.6 is 0 Å². The van der Waals surface area contributed by atoms with E-state index in [1.807, 2.05) is 0 Å². The molecule has 0 heterocycles. The Morgan fingerprint density at radius 1 is 1.54 bits per heavy atom. The van der Waals surface area contributed by atoms with E-state index in [1.165, 1.54) is 6.92 Å². The SMILES string of the molecule is CC(NC(=O)[C@@H](N)CCN)C(=O)O. The first kappa shape index (κ1) is 11.9. The summed E-state index contributed by atoms with van der Waals surface area (Å²) in [6, 6.07) is -1.65. The lowest BCUT2D eigenvalue weighted by Gasteiger charge is -2.13. The van der Waals surface area contributed by atoms with Gasteiger partial charge < -0.3 is 21.9 Å². The maximum absolute atomic E-state index is 11.1. The third-order valence-corrected chi connectivity index (χ3v) is 1.54. The van der Waals surface area contributed by atoms with Gasteiger partial charge in [0.05, 0.1) is 6.04 Å². The molecule has 0 bridgehead atoms. The van der Waals surface area contributed by atoms with Gasteiger partial charge in [0.1, 0.15) is 6.04 Å². The normalized spacial score (nSPS) is 14.7. The molecule has 0 aromatic rings. The predicted octanol–water partition coefficient (Wildman–Crippen LogP) is -1.75. The lowest BCUT2D eigenvalue weighted by molar-refractivity contribution is -0.141. The maximum atomic E-state index is 11.1. The minimum Gasteiger partial charge on any atom is -0.480 e. The van der Waals surface area contributed by atoms with Crippen molar-refractivity contribution in [3.05, 3.63) is 0 Å². The zero-order valence-corrected chi connectivity index (χ0v) is 7.49. The van der Waals surface area contributed by atoms with Gasteiger partial charge in [-0.2, -0.15) is 0 Å². The maximum Gasteiger partial charge on any atom is 0.325 e. The molecule has 0 aliphatic rings. The van der Waals surface area contributed by atoms with Gasteiger partial charge in [-0.1, -0.05) is 0 Å². The van der Waals surface area contributed by atoms with E-state index in [-0.39, 0.29) is 0 Å². The van der Waals surface area contributed by atoms with E-state index >= 15 is 0 Å². The molecule has 1 amide bonds. The number of nitrogens with two attached hydrogens (primary N) is 2. The van der Waals surface area contributed by atoms with Gasteiger partial charge in [0.15, 0.2) is 0 Å². The Bertz CT molecular complexity index is 195. The van der Waals surface area contributed by atoms with Crippen LogP contribution in [0.25, 0.3) is 0 Å². The molecule has 0 rings (SSSR count). The van der Waals surface area contributed by atoms with Crippen LogP contribution in [0.15, 0.2) is 0 Å². The number of hydrogen-bond acceptors (Lipinski definition) is 4. The van der Waals surface area contributed by atoms with Gasteiger partial charge in [-0.25, -0.2) is 0 Å². The standard InChI is InChI=1S/C7H15N3O3/c1-4(7(12)13)10-6(11)5(9)2-3-8/h4-5H,2-3,8-9H2,1H3,(H,10,11)(H,12,13)/t4?,5-/m0/s1. The van der Waals surface area contributed by atoms with Crippen molar-refractivity contribution < 1.29 is 14.7 Å². The molecular weight excluding hydrogens is 174 g/mol. The number of carboxylic acid groups (broad SMARTS) is 1. The molecule has 0 saturated carbocycles. The minimum absolute atomic E-state index is 0.302. The molecule has 13 heavy (non-hydrogen) atoms. The minimum atomic E-state index is -1.09. The molecule has 0 fully saturated rings. The second-order valence-corrected chi connectivity index (χ2v) is 2.75. The number of aliphatic carboxylic acids is 1. The lowest BCUT2D eigenvalue weighted by Crippen LogP contribution is -2.47. The van der Waals surface area contributed by atoms with Gasteiger partial charge >= 0.3 is 5.97 Å². The van der Waals surface area contributed by atoms with Crippen molar-refractivity contribution >= 4 is 11.9 Å². The molecule has 0 aliphatic carbocycles. The first-order valence-corrected chi connectivity index (χ1v) is 3.98. The second kappa shape index (κ2) is 5.50. The van der Waals surface area contributed by atoms with Gasteiger partial charge in [-0.3, -0.25) is 9.59 Å². The summed E-state index contributed by atoms with van der Waals surface area (Å²) < 4.78 is 0. The lowest BCUT2D eigenvalue weighted by atomic mass is 10.2. The summed E-state index contributed by atoms with van der Waals surface area (Å²) in [6.07, 6.45) is 0.345. The Morgan fingerprint density at radius 2 is 2.08 bits per heavy atom. The fraction of sp³-hybridized carbons (Fsp3) is 0.714. The predicted molar refractivity (Wildman–Crippen MR) is 46.9 cm³/mol. The van der Waals surface area contributed by atoms with Crippen LogP contribution in [-0.2, 0) is 9.59 Å². The topological polar surface area (TPSA) is 118 Å². The number of nitrogens with one attached hydrogen (secondary N) is 1. The Labute approximate surface area is 76.3 Å². The monoisotopic (exact) mass is 189 g/mol. The van der Waals surface area contributed by atoms with Gasteiger partial charge in [-0.05, 0) is 19.9 Å². The number of carbonyl (C=O) groups is 2. The van der Waals surface area contributed by atoms with E-state index in [2.05, 4.69) is 5.32 Å². The van der Waals surface area contributed by atoms with E-state index in [4.69, 9.17) is 16.6 Å². The summed E-state index contributed by atoms with van der Waals surface area (Å²) in [5.41, 5.74) is 10.6. The Hall–Kier alpha value is -1.14. The molecule has 76 valence electrons. The van der Waals surface area contributed by atoms with Crippen molar-refractivity contribution in [2.24, 2.45) is 11.5 Å². The van der Waals surface area contributed by atoms with Gasteiger partial charge in [-0.15, -0.1) is 0 Å². The number of carboxylic acids is 1. The zero-order chi connectivity index (χ0) is 10.4. The van der Waals surface area contributed by atoms with E-state index in [9.17, 15) is 9.59 Å². The summed E-state index contributed by atoms with van der Waals surface area (Å²) in [6.45, 7) is 1.67. The first-order valence-electron chi connectivity index (χ1n) is 3.98. The van der Waals surface area contributed by atoms with E-state index in [0.717, 1.165) is 0 Å². The van der Waals surface area contributed by atoms with Crippen LogP contribution < -0.4 is 16.8 Å². The smallest absolute Gasteiger partial charge is 0.325 e. The first-order chi connectivity index (χ1) is 5.99. The van der Waals surface area contributed by atoms with Crippen molar-refractivity contribution in [3.63, 3.8) is 0 Å². The number of amides is 1. The van der Waals surface area contributed by atoms with Crippen molar-refractivity contribution in [1.82, 2.24) is 5.32 Å². The Morgan fingerprint density at radius 3 is 2.46 bits per heavy atom. The molecule has 2 atom stereocenters. The third kappa shape index (κ3) is 4.44. The molecule has 0 saturated heterocycles. The van der Waals surface area contributed by atoms with Crippen LogP contribution in [0.5, 0.6) is 0 Å². The van der Waals surface area contributed by atoms with E-state index < -0.39 is 24.0 Å². The molecule has 0 aromatic carbocycles. The molecular formula is C7H15N3O3. The molecule has 0 aromatic heterocycles. The zero-order valence-electron chi connectivity index (χ0n) is 7.49. The average Bonchev–Trinajstić information content (AvgIpc) is 2.04. The van der Waals surface area contributed by atoms with Crippen molar-refractivity contribution in [2.45, 2.75) is 25.4 Å². The van der Waals surface area contributed by atoms with Crippen LogP contribution in [0.2, 0.25) is 0 Å². The second-order valence-electron chi connectivity index (χ2n) is 2.75. The summed E-state index contributed by atoms with van der Waals surface area (Å²) in [5.74, 6) is -1.58. The quantitative estimate of drug-likeness (QED) is 0.409. The fourth-order valence-corrected chi connectivity index (χ4v) is 0.693.